The third-order valence-corrected chi connectivity index (χ3v) is 2.48. The van der Waals surface area contributed by atoms with Crippen LogP contribution < -0.4 is 5.73 Å². The number of hydrogen-bond donors (Lipinski definition) is 2. The monoisotopic (exact) mass is 211 g/mol. The molecule has 0 aromatic carbocycles. The Balaban J connectivity index is 2.55. The summed E-state index contributed by atoms with van der Waals surface area (Å²) in [5, 5.41) is 6.24. The number of Topliss-reactive ketones (excluding diaryl/α,β-unsaturated/α-hetero) is 1. The summed E-state index contributed by atoms with van der Waals surface area (Å²) < 4.78 is 5.23. The highest BCUT2D eigenvalue weighted by Crippen LogP contribution is 2.18. The summed E-state index contributed by atoms with van der Waals surface area (Å²) in [5.74, 6) is 0.321. The van der Waals surface area contributed by atoms with E-state index < -0.39 is 0 Å². The quantitative estimate of drug-likeness (QED) is 0.721. The summed E-state index contributed by atoms with van der Waals surface area (Å²) in [6.07, 6.45) is 2.52. The van der Waals surface area contributed by atoms with Crippen LogP contribution in [0.3, 0.4) is 0 Å². The van der Waals surface area contributed by atoms with E-state index in [4.69, 9.17) is 10.5 Å². The molecule has 0 aliphatic carbocycles. The molecule has 0 spiro atoms. The van der Waals surface area contributed by atoms with Crippen molar-refractivity contribution in [2.75, 3.05) is 12.8 Å². The van der Waals surface area contributed by atoms with Gasteiger partial charge < -0.3 is 10.5 Å². The van der Waals surface area contributed by atoms with Crippen molar-refractivity contribution in [2.45, 2.75) is 32.3 Å². The number of nitrogens with zero attached hydrogens (tertiary/aromatic N) is 1. The van der Waals surface area contributed by atoms with Gasteiger partial charge in [0.2, 0.25) is 0 Å². The molecule has 0 unspecified atom stereocenters. The Kier molecular flexibility index (Phi) is 3.47. The molecular formula is C10H17N3O2. The van der Waals surface area contributed by atoms with Crippen molar-refractivity contribution in [3.8, 4) is 0 Å². The van der Waals surface area contributed by atoms with Gasteiger partial charge in [0.1, 0.15) is 5.82 Å². The molecule has 0 saturated carbocycles. The molecule has 3 N–H and O–H groups in total. The maximum Gasteiger partial charge on any atom is 0.168 e. The van der Waals surface area contributed by atoms with Crippen molar-refractivity contribution < 1.29 is 9.53 Å². The molecule has 0 amide bonds. The normalized spacial score (nSPS) is 11.7. The molecule has 0 bridgehead atoms. The molecule has 0 saturated heterocycles. The van der Waals surface area contributed by atoms with Gasteiger partial charge >= 0.3 is 0 Å². The van der Waals surface area contributed by atoms with Crippen LogP contribution in [0.4, 0.5) is 5.82 Å². The second-order valence-corrected chi connectivity index (χ2v) is 4.08. The minimum atomic E-state index is -0.284. The van der Waals surface area contributed by atoms with Crippen LogP contribution in [0, 0.1) is 0 Å². The van der Waals surface area contributed by atoms with Crippen molar-refractivity contribution in [3.05, 3.63) is 11.8 Å². The maximum absolute atomic E-state index is 11.7. The Morgan fingerprint density at radius 1 is 1.67 bits per heavy atom. The van der Waals surface area contributed by atoms with Crippen LogP contribution in [0.2, 0.25) is 0 Å². The molecular weight excluding hydrogens is 194 g/mol. The third kappa shape index (κ3) is 3.06. The van der Waals surface area contributed by atoms with E-state index in [9.17, 15) is 4.79 Å². The Morgan fingerprint density at radius 2 is 2.33 bits per heavy atom. The van der Waals surface area contributed by atoms with Gasteiger partial charge in [-0.1, -0.05) is 0 Å². The summed E-state index contributed by atoms with van der Waals surface area (Å²) >= 11 is 0. The van der Waals surface area contributed by atoms with Crippen LogP contribution in [0.5, 0.6) is 0 Å². The number of anilines is 1. The lowest BCUT2D eigenvalue weighted by Gasteiger charge is -2.21. The van der Waals surface area contributed by atoms with Crippen LogP contribution in [-0.2, 0) is 4.74 Å². The van der Waals surface area contributed by atoms with Gasteiger partial charge in [-0.15, -0.1) is 0 Å². The Morgan fingerprint density at radius 3 is 2.80 bits per heavy atom. The first kappa shape index (κ1) is 11.7. The number of H-pyrrole nitrogens is 1. The molecule has 0 radical (unpaired) electrons. The molecule has 0 fully saturated rings. The van der Waals surface area contributed by atoms with E-state index in [0.717, 1.165) is 0 Å². The van der Waals surface area contributed by atoms with Gasteiger partial charge in [0.05, 0.1) is 17.4 Å². The number of ether oxygens (including phenoxy) is 1. The molecule has 5 heteroatoms. The highest BCUT2D eigenvalue weighted by atomic mass is 16.5. The zero-order chi connectivity index (χ0) is 11.5. The topological polar surface area (TPSA) is 81.0 Å². The van der Waals surface area contributed by atoms with E-state index in [-0.39, 0.29) is 11.4 Å². The highest BCUT2D eigenvalue weighted by Gasteiger charge is 2.20. The summed E-state index contributed by atoms with van der Waals surface area (Å²) in [6, 6.07) is 0. The number of hydrogen-bond acceptors (Lipinski definition) is 4. The fraction of sp³-hybridized carbons (Fsp3) is 0.600. The molecule has 1 aromatic heterocycles. The van der Waals surface area contributed by atoms with E-state index in [2.05, 4.69) is 10.2 Å². The van der Waals surface area contributed by atoms with Gasteiger partial charge in [-0.05, 0) is 20.3 Å². The minimum Gasteiger partial charge on any atom is -0.383 e. The first-order chi connectivity index (χ1) is 6.96. The number of ketones is 1. The van der Waals surface area contributed by atoms with E-state index >= 15 is 0 Å². The lowest BCUT2D eigenvalue weighted by Crippen LogP contribution is -2.23. The SMILES string of the molecule is COC(C)(C)CCC(=O)c1cn[nH]c1N. The van der Waals surface area contributed by atoms with Gasteiger partial charge in [-0.2, -0.15) is 5.10 Å². The highest BCUT2D eigenvalue weighted by molar-refractivity contribution is 5.99. The number of aromatic amines is 1. The predicted molar refractivity (Wildman–Crippen MR) is 57.7 cm³/mol. The molecule has 1 heterocycles. The van der Waals surface area contributed by atoms with Gasteiger partial charge in [0.15, 0.2) is 5.78 Å². The molecule has 0 aliphatic heterocycles. The second kappa shape index (κ2) is 4.44. The zero-order valence-corrected chi connectivity index (χ0v) is 9.33. The number of carbonyl (C=O) groups excluding carboxylic acids is 1. The van der Waals surface area contributed by atoms with Crippen molar-refractivity contribution in [1.29, 1.82) is 0 Å². The second-order valence-electron chi connectivity index (χ2n) is 4.08. The number of nitrogens with two attached hydrogens (primary N) is 1. The molecule has 0 aliphatic rings. The largest absolute Gasteiger partial charge is 0.383 e. The van der Waals surface area contributed by atoms with Gasteiger partial charge in [0, 0.05) is 13.5 Å². The van der Waals surface area contributed by atoms with Crippen LogP contribution >= 0.6 is 0 Å². The molecule has 0 atom stereocenters. The first-order valence-electron chi connectivity index (χ1n) is 4.83. The average molecular weight is 211 g/mol. The van der Waals surface area contributed by atoms with Gasteiger partial charge in [-0.25, -0.2) is 0 Å². The van der Waals surface area contributed by atoms with Crippen molar-refractivity contribution in [2.24, 2.45) is 0 Å². The van der Waals surface area contributed by atoms with E-state index in [1.54, 1.807) is 7.11 Å². The smallest absolute Gasteiger partial charge is 0.168 e. The summed E-state index contributed by atoms with van der Waals surface area (Å²) in [6.45, 7) is 3.89. The van der Waals surface area contributed by atoms with Gasteiger partial charge in [0.25, 0.3) is 0 Å². The molecule has 15 heavy (non-hydrogen) atoms. The molecule has 1 aromatic rings. The number of carbonyl (C=O) groups is 1. The zero-order valence-electron chi connectivity index (χ0n) is 9.33. The van der Waals surface area contributed by atoms with Crippen LogP contribution in [0.1, 0.15) is 37.0 Å². The lowest BCUT2D eigenvalue weighted by molar-refractivity contribution is 0.0141. The lowest BCUT2D eigenvalue weighted by atomic mass is 9.99. The Labute approximate surface area is 89.0 Å². The average Bonchev–Trinajstić information content (AvgIpc) is 2.61. The predicted octanol–water partition coefficient (Wildman–Crippen LogP) is 1.38. The number of rotatable bonds is 5. The number of aromatic nitrogens is 2. The molecule has 5 nitrogen and oxygen atoms in total. The Bertz CT molecular complexity index is 344. The Hall–Kier alpha value is -1.36. The third-order valence-electron chi connectivity index (χ3n) is 2.48. The summed E-state index contributed by atoms with van der Waals surface area (Å²) in [4.78, 5) is 11.7. The van der Waals surface area contributed by atoms with Crippen LogP contribution in [0.25, 0.3) is 0 Å². The standard InChI is InChI=1S/C10H17N3O2/c1-10(2,15-3)5-4-8(14)7-6-12-13-9(7)11/h6H,4-5H2,1-3H3,(H3,11,12,13). The first-order valence-corrected chi connectivity index (χ1v) is 4.83. The van der Waals surface area contributed by atoms with Crippen LogP contribution in [-0.4, -0.2) is 28.7 Å². The van der Waals surface area contributed by atoms with Gasteiger partial charge in [-0.3, -0.25) is 9.89 Å². The van der Waals surface area contributed by atoms with E-state index in [1.807, 2.05) is 13.8 Å². The van der Waals surface area contributed by atoms with Crippen molar-refractivity contribution in [3.63, 3.8) is 0 Å². The number of nitrogens with one attached hydrogen (secondary N) is 1. The fourth-order valence-electron chi connectivity index (χ4n) is 1.17. The number of nitrogen functional groups attached to an aromatic ring is 1. The fourth-order valence-corrected chi connectivity index (χ4v) is 1.17. The summed E-state index contributed by atoms with van der Waals surface area (Å²) in [5.41, 5.74) is 5.72. The number of methoxy groups -OCH3 is 1. The van der Waals surface area contributed by atoms with E-state index in [0.29, 0.717) is 24.2 Å². The minimum absolute atomic E-state index is 0.00799. The van der Waals surface area contributed by atoms with Crippen molar-refractivity contribution >= 4 is 11.6 Å². The summed E-state index contributed by atoms with van der Waals surface area (Å²) in [7, 11) is 1.64. The molecule has 84 valence electrons. The van der Waals surface area contributed by atoms with Crippen molar-refractivity contribution in [1.82, 2.24) is 10.2 Å². The van der Waals surface area contributed by atoms with E-state index in [1.165, 1.54) is 6.20 Å². The van der Waals surface area contributed by atoms with Crippen LogP contribution in [0.15, 0.2) is 6.20 Å². The maximum atomic E-state index is 11.7. The molecule has 1 rings (SSSR count).